The van der Waals surface area contributed by atoms with E-state index in [2.05, 4.69) is 62.4 Å². The van der Waals surface area contributed by atoms with Crippen LogP contribution in [0.4, 0.5) is 0 Å². The van der Waals surface area contributed by atoms with E-state index in [0.29, 0.717) is 24.2 Å². The first-order valence-corrected chi connectivity index (χ1v) is 16.8. The van der Waals surface area contributed by atoms with E-state index in [-0.39, 0.29) is 11.6 Å². The molecule has 5 heteroatoms. The summed E-state index contributed by atoms with van der Waals surface area (Å²) in [5.74, 6) is 4.09. The summed E-state index contributed by atoms with van der Waals surface area (Å²) in [6.45, 7) is 21.6. The lowest BCUT2D eigenvalue weighted by Crippen LogP contribution is -2.55. The molecule has 0 spiro atoms. The topological polar surface area (TPSA) is 44.8 Å². The van der Waals surface area contributed by atoms with E-state index in [1.54, 1.807) is 0 Å². The molecule has 2 heterocycles. The molecule has 0 radical (unpaired) electrons. The first-order valence-electron chi connectivity index (χ1n) is 16.8. The lowest BCUT2D eigenvalue weighted by molar-refractivity contribution is -0.909. The predicted octanol–water partition coefficient (Wildman–Crippen LogP) is 8.52. The van der Waals surface area contributed by atoms with Crippen molar-refractivity contribution in [1.29, 1.82) is 0 Å². The van der Waals surface area contributed by atoms with Gasteiger partial charge in [-0.25, -0.2) is 4.79 Å². The normalized spacial score (nSPS) is 21.7. The molecular formula is C36H62NO4+. The van der Waals surface area contributed by atoms with Gasteiger partial charge in [-0.3, -0.25) is 0 Å². The van der Waals surface area contributed by atoms with E-state index in [1.165, 1.54) is 56.9 Å². The number of morpholine rings is 1. The van der Waals surface area contributed by atoms with Crippen LogP contribution >= 0.6 is 0 Å². The molecule has 2 aliphatic rings. The van der Waals surface area contributed by atoms with Gasteiger partial charge in [0.15, 0.2) is 6.54 Å². The van der Waals surface area contributed by atoms with Crippen LogP contribution in [-0.2, 0) is 16.0 Å². The number of likely N-dealkylation sites (N-methyl/N-ethyl adjacent to an activating group) is 1. The monoisotopic (exact) mass is 572 g/mol. The van der Waals surface area contributed by atoms with Crippen molar-refractivity contribution in [2.75, 3.05) is 39.9 Å². The molecule has 0 unspecified atom stereocenters. The van der Waals surface area contributed by atoms with Gasteiger partial charge in [0, 0.05) is 5.56 Å². The van der Waals surface area contributed by atoms with Crippen LogP contribution in [0.15, 0.2) is 0 Å². The summed E-state index contributed by atoms with van der Waals surface area (Å²) in [5, 5.41) is 0. The van der Waals surface area contributed by atoms with Crippen LogP contribution < -0.4 is 9.47 Å². The summed E-state index contributed by atoms with van der Waals surface area (Å²) in [7, 11) is 2.12. The van der Waals surface area contributed by atoms with Gasteiger partial charge in [0.25, 0.3) is 0 Å². The predicted molar refractivity (Wildman–Crippen MR) is 170 cm³/mol. The Kier molecular flexibility index (Phi) is 12.6. The van der Waals surface area contributed by atoms with E-state index in [4.69, 9.17) is 14.2 Å². The van der Waals surface area contributed by atoms with Gasteiger partial charge in [0.05, 0.1) is 20.3 Å². The van der Waals surface area contributed by atoms with Crippen molar-refractivity contribution in [3.05, 3.63) is 22.3 Å². The van der Waals surface area contributed by atoms with Crippen LogP contribution in [0.1, 0.15) is 121 Å². The zero-order chi connectivity index (χ0) is 30.2. The van der Waals surface area contributed by atoms with Gasteiger partial charge in [-0.05, 0) is 87.8 Å². The van der Waals surface area contributed by atoms with Crippen LogP contribution in [0.5, 0.6) is 11.5 Å². The second-order valence-corrected chi connectivity index (χ2v) is 14.7. The Morgan fingerprint density at radius 2 is 1.46 bits per heavy atom. The summed E-state index contributed by atoms with van der Waals surface area (Å²) in [6, 6.07) is 0. The summed E-state index contributed by atoms with van der Waals surface area (Å²) in [5.41, 5.74) is 4.29. The van der Waals surface area contributed by atoms with Gasteiger partial charge >= 0.3 is 5.97 Å². The third-order valence-corrected chi connectivity index (χ3v) is 10.1. The van der Waals surface area contributed by atoms with Crippen LogP contribution in [0.2, 0.25) is 0 Å². The van der Waals surface area contributed by atoms with E-state index in [1.807, 2.05) is 0 Å². The van der Waals surface area contributed by atoms with Crippen molar-refractivity contribution in [2.24, 2.45) is 17.8 Å². The lowest BCUT2D eigenvalue weighted by atomic mass is 9.83. The minimum atomic E-state index is -0.156. The van der Waals surface area contributed by atoms with Gasteiger partial charge in [-0.1, -0.05) is 72.6 Å². The Bertz CT molecular complexity index is 996. The fraction of sp³-hybridized carbons (Fsp3) is 0.806. The number of ether oxygens (including phenoxy) is 3. The van der Waals surface area contributed by atoms with Gasteiger partial charge in [0.1, 0.15) is 30.2 Å². The molecule has 1 saturated heterocycles. The van der Waals surface area contributed by atoms with Crippen molar-refractivity contribution in [3.8, 4) is 11.5 Å². The van der Waals surface area contributed by atoms with Crippen LogP contribution in [0.25, 0.3) is 0 Å². The molecule has 234 valence electrons. The highest BCUT2D eigenvalue weighted by atomic mass is 16.5. The fourth-order valence-corrected chi connectivity index (χ4v) is 6.81. The first-order chi connectivity index (χ1) is 19.3. The highest BCUT2D eigenvalue weighted by Crippen LogP contribution is 2.45. The quantitative estimate of drug-likeness (QED) is 0.120. The number of rotatable bonds is 15. The molecule has 3 rings (SSSR count). The summed E-state index contributed by atoms with van der Waals surface area (Å²) < 4.78 is 19.0. The molecule has 0 aliphatic carbocycles. The molecule has 0 amide bonds. The molecule has 3 atom stereocenters. The average molecular weight is 573 g/mol. The Labute approximate surface area is 252 Å². The SMILES string of the molecule is Cc1c(C)c2c(c(C)c1OC(=O)C[N+]1(C)CCOCC1)CC[C@@](C)(CCC[C@H](C)CCC[C@H](C)CCCC(C)C)O2. The maximum atomic E-state index is 13.0. The number of benzene rings is 1. The Morgan fingerprint density at radius 1 is 0.878 bits per heavy atom. The minimum absolute atomic E-state index is 0.130. The Hall–Kier alpha value is -1.59. The average Bonchev–Trinajstić information content (AvgIpc) is 2.89. The highest BCUT2D eigenvalue weighted by molar-refractivity contribution is 5.75. The number of hydrogen-bond acceptors (Lipinski definition) is 4. The largest absolute Gasteiger partial charge is 0.487 e. The molecule has 1 aromatic rings. The Morgan fingerprint density at radius 3 is 2.07 bits per heavy atom. The minimum Gasteiger partial charge on any atom is -0.487 e. The number of quaternary nitrogens is 1. The zero-order valence-electron chi connectivity index (χ0n) is 28.1. The van der Waals surface area contributed by atoms with Crippen molar-refractivity contribution in [3.63, 3.8) is 0 Å². The molecule has 0 bridgehead atoms. The van der Waals surface area contributed by atoms with E-state index in [9.17, 15) is 4.79 Å². The van der Waals surface area contributed by atoms with Crippen LogP contribution in [-0.4, -0.2) is 55.9 Å². The van der Waals surface area contributed by atoms with Crippen molar-refractivity contribution in [2.45, 2.75) is 132 Å². The smallest absolute Gasteiger partial charge is 0.367 e. The van der Waals surface area contributed by atoms with E-state index >= 15 is 0 Å². The number of esters is 1. The fourth-order valence-electron chi connectivity index (χ4n) is 6.81. The molecule has 5 nitrogen and oxygen atoms in total. The molecule has 0 N–H and O–H groups in total. The number of carbonyl (C=O) groups excluding carboxylic acids is 1. The molecule has 1 aromatic carbocycles. The molecule has 0 saturated carbocycles. The molecule has 0 aromatic heterocycles. The standard InChI is InChI=1S/C36H62NO4/c1-26(2)13-10-14-27(3)15-11-16-28(4)17-12-19-36(8)20-18-32-31(7)34(29(5)30(6)35(32)41-36)40-33(38)25-37(9)21-23-39-24-22-37/h26-28H,10-25H2,1-9H3/q+1/t27-,28-,36-/m1/s1. The highest BCUT2D eigenvalue weighted by Gasteiger charge is 2.35. The number of fused-ring (bicyclic) bond motifs is 1. The third-order valence-electron chi connectivity index (χ3n) is 10.1. The summed E-state index contributed by atoms with van der Waals surface area (Å²) in [4.78, 5) is 13.0. The number of nitrogens with zero attached hydrogens (tertiary/aromatic N) is 1. The molecular weight excluding hydrogens is 510 g/mol. The maximum absolute atomic E-state index is 13.0. The first kappa shape index (κ1) is 33.9. The second kappa shape index (κ2) is 15.2. The molecule has 1 fully saturated rings. The van der Waals surface area contributed by atoms with Crippen LogP contribution in [0, 0.1) is 38.5 Å². The lowest BCUT2D eigenvalue weighted by Gasteiger charge is -2.39. The van der Waals surface area contributed by atoms with E-state index in [0.717, 1.165) is 78.3 Å². The molecule has 2 aliphatic heterocycles. The van der Waals surface area contributed by atoms with Gasteiger partial charge in [-0.15, -0.1) is 0 Å². The Balaban J connectivity index is 1.50. The number of hydrogen-bond donors (Lipinski definition) is 0. The molecule has 41 heavy (non-hydrogen) atoms. The number of carbonyl (C=O) groups is 1. The third kappa shape index (κ3) is 9.99. The second-order valence-electron chi connectivity index (χ2n) is 14.7. The van der Waals surface area contributed by atoms with Gasteiger partial charge in [-0.2, -0.15) is 0 Å². The van der Waals surface area contributed by atoms with Crippen molar-refractivity contribution < 1.29 is 23.5 Å². The summed E-state index contributed by atoms with van der Waals surface area (Å²) >= 11 is 0. The van der Waals surface area contributed by atoms with Crippen LogP contribution in [0.3, 0.4) is 0 Å². The van der Waals surface area contributed by atoms with E-state index < -0.39 is 0 Å². The zero-order valence-corrected chi connectivity index (χ0v) is 28.1. The van der Waals surface area contributed by atoms with Crippen molar-refractivity contribution >= 4 is 5.97 Å². The summed E-state index contributed by atoms with van der Waals surface area (Å²) in [6.07, 6.45) is 13.8. The van der Waals surface area contributed by atoms with Gasteiger partial charge in [0.2, 0.25) is 0 Å². The maximum Gasteiger partial charge on any atom is 0.367 e. The van der Waals surface area contributed by atoms with Crippen molar-refractivity contribution in [1.82, 2.24) is 0 Å². The van der Waals surface area contributed by atoms with Gasteiger partial charge < -0.3 is 18.7 Å².